The molecule has 1 aliphatic heterocycles. The molecule has 1 aromatic rings. The highest BCUT2D eigenvalue weighted by Gasteiger charge is 2.58. The van der Waals surface area contributed by atoms with Crippen LogP contribution in [-0.2, 0) is 19.2 Å². The van der Waals surface area contributed by atoms with E-state index < -0.39 is 54.0 Å². The number of hydrogen-bond acceptors (Lipinski definition) is 7. The predicted molar refractivity (Wildman–Crippen MR) is 174 cm³/mol. The van der Waals surface area contributed by atoms with E-state index in [1.165, 1.54) is 12.1 Å². The Labute approximate surface area is 278 Å². The summed E-state index contributed by atoms with van der Waals surface area (Å²) in [5.74, 6) is -6.05. The summed E-state index contributed by atoms with van der Waals surface area (Å²) in [6.45, 7) is 5.87. The second-order valence-electron chi connectivity index (χ2n) is 13.7. The molecule has 1 unspecified atom stereocenters. The van der Waals surface area contributed by atoms with Crippen molar-refractivity contribution < 1.29 is 32.3 Å². The first kappa shape index (κ1) is 35.4. The van der Waals surface area contributed by atoms with Crippen LogP contribution in [0.4, 0.5) is 18.9 Å². The summed E-state index contributed by atoms with van der Waals surface area (Å²) >= 11 is 0. The Morgan fingerprint density at radius 1 is 1.02 bits per heavy atom. The molecule has 1 aromatic carbocycles. The number of amides is 4. The van der Waals surface area contributed by atoms with Crippen molar-refractivity contribution in [1.82, 2.24) is 25.8 Å². The van der Waals surface area contributed by atoms with Crippen molar-refractivity contribution in [2.24, 2.45) is 17.8 Å². The number of anilines is 1. The standard InChI is InChI=1S/C34H46F3N7O4/c1-4-27(45)41-29(33(48)44-15-13-43(3)14-16-44)19(2)22-9-10-24(23(35)17-22)40-32(47)30(28(20-5-6-20)21-7-8-21)42-31(46)25(11-12-38)39-26-18-34(26,36)37/h9-12,17,19-21,26,28-30,38-39H,4-8,13-16,18H2,1-3H3,(H,40,47)(H,41,45)(H,42,46)/b25-11-,38-12?/t19-,26?,29+,30-/m0/s1. The van der Waals surface area contributed by atoms with Crippen molar-refractivity contribution in [3.8, 4) is 0 Å². The molecule has 262 valence electrons. The van der Waals surface area contributed by atoms with Gasteiger partial charge in [-0.1, -0.05) is 19.9 Å². The maximum Gasteiger partial charge on any atom is 0.270 e. The van der Waals surface area contributed by atoms with Crippen LogP contribution in [0.5, 0.6) is 0 Å². The molecule has 5 rings (SSSR count). The predicted octanol–water partition coefficient (Wildman–Crippen LogP) is 2.99. The third kappa shape index (κ3) is 8.55. The van der Waals surface area contributed by atoms with Crippen molar-refractivity contribution in [1.29, 1.82) is 5.41 Å². The van der Waals surface area contributed by atoms with Crippen LogP contribution in [0.25, 0.3) is 0 Å². The fourth-order valence-electron chi connectivity index (χ4n) is 6.50. The van der Waals surface area contributed by atoms with Crippen molar-refractivity contribution in [2.75, 3.05) is 38.5 Å². The summed E-state index contributed by atoms with van der Waals surface area (Å²) in [6.07, 6.45) is 5.19. The monoisotopic (exact) mass is 673 g/mol. The van der Waals surface area contributed by atoms with Crippen LogP contribution in [0.15, 0.2) is 30.0 Å². The van der Waals surface area contributed by atoms with Crippen molar-refractivity contribution >= 4 is 35.5 Å². The Hall–Kier alpha value is -3.94. The minimum Gasteiger partial charge on any atom is -0.372 e. The van der Waals surface area contributed by atoms with Gasteiger partial charge in [0.15, 0.2) is 0 Å². The number of piperazine rings is 1. The number of allylic oxidation sites excluding steroid dienone is 1. The minimum atomic E-state index is -2.95. The maximum atomic E-state index is 15.7. The number of likely N-dealkylation sites (N-methyl/N-ethyl adjacent to an activating group) is 1. The van der Waals surface area contributed by atoms with Crippen LogP contribution in [0.2, 0.25) is 0 Å². The average molecular weight is 674 g/mol. The molecule has 1 saturated heterocycles. The summed E-state index contributed by atoms with van der Waals surface area (Å²) in [5.41, 5.74) is 0.0965. The molecular formula is C34H46F3N7O4. The Morgan fingerprint density at radius 3 is 2.17 bits per heavy atom. The van der Waals surface area contributed by atoms with Crippen molar-refractivity contribution in [2.45, 2.75) is 82.3 Å². The molecule has 0 bridgehead atoms. The fourth-order valence-corrected chi connectivity index (χ4v) is 6.50. The lowest BCUT2D eigenvalue weighted by Gasteiger charge is -2.36. The zero-order chi connectivity index (χ0) is 34.7. The highest BCUT2D eigenvalue weighted by molar-refractivity contribution is 6.02. The van der Waals surface area contributed by atoms with Gasteiger partial charge in [0.2, 0.25) is 17.7 Å². The number of carbonyl (C=O) groups is 4. The van der Waals surface area contributed by atoms with E-state index >= 15 is 4.39 Å². The second kappa shape index (κ2) is 14.7. The lowest BCUT2D eigenvalue weighted by Crippen LogP contribution is -2.55. The molecular weight excluding hydrogens is 627 g/mol. The molecule has 11 nitrogen and oxygen atoms in total. The molecule has 0 spiro atoms. The third-order valence-electron chi connectivity index (χ3n) is 9.93. The summed E-state index contributed by atoms with van der Waals surface area (Å²) in [5, 5.41) is 18.1. The Kier molecular flexibility index (Phi) is 10.8. The summed E-state index contributed by atoms with van der Waals surface area (Å²) < 4.78 is 42.9. The number of carbonyl (C=O) groups excluding carboxylic acids is 4. The van der Waals surface area contributed by atoms with Crippen molar-refractivity contribution in [3.05, 3.63) is 41.4 Å². The van der Waals surface area contributed by atoms with Crippen LogP contribution in [0.3, 0.4) is 0 Å². The van der Waals surface area contributed by atoms with Gasteiger partial charge in [0.1, 0.15) is 23.6 Å². The van der Waals surface area contributed by atoms with E-state index in [0.717, 1.165) is 38.0 Å². The van der Waals surface area contributed by atoms with Gasteiger partial charge in [-0.25, -0.2) is 13.2 Å². The van der Waals surface area contributed by atoms with E-state index in [0.29, 0.717) is 31.7 Å². The fraction of sp³-hybridized carbons (Fsp3) is 0.618. The number of nitrogens with one attached hydrogen (secondary N) is 5. The smallest absolute Gasteiger partial charge is 0.270 e. The molecule has 0 radical (unpaired) electrons. The molecule has 4 aliphatic rings. The van der Waals surface area contributed by atoms with Crippen molar-refractivity contribution in [3.63, 3.8) is 0 Å². The van der Waals surface area contributed by atoms with Gasteiger partial charge < -0.3 is 36.5 Å². The molecule has 1 heterocycles. The largest absolute Gasteiger partial charge is 0.372 e. The van der Waals surface area contributed by atoms with E-state index in [9.17, 15) is 28.0 Å². The lowest BCUT2D eigenvalue weighted by atomic mass is 9.88. The average Bonchev–Trinajstić information content (AvgIpc) is 3.95. The maximum absolute atomic E-state index is 15.7. The van der Waals surface area contributed by atoms with Gasteiger partial charge >= 0.3 is 0 Å². The highest BCUT2D eigenvalue weighted by atomic mass is 19.3. The van der Waals surface area contributed by atoms with E-state index in [2.05, 4.69) is 26.2 Å². The van der Waals surface area contributed by atoms with E-state index in [1.807, 2.05) is 7.05 Å². The zero-order valence-corrected chi connectivity index (χ0v) is 27.7. The quantitative estimate of drug-likeness (QED) is 0.143. The minimum absolute atomic E-state index is 0.119. The van der Waals surface area contributed by atoms with Gasteiger partial charge in [-0.15, -0.1) is 0 Å². The summed E-state index contributed by atoms with van der Waals surface area (Å²) in [4.78, 5) is 56.9. The lowest BCUT2D eigenvalue weighted by molar-refractivity contribution is -0.138. The first-order valence-electron chi connectivity index (χ1n) is 16.9. The molecule has 4 fully saturated rings. The van der Waals surface area contributed by atoms with Gasteiger partial charge in [0.25, 0.3) is 11.8 Å². The second-order valence-corrected chi connectivity index (χ2v) is 13.7. The number of hydrogen-bond donors (Lipinski definition) is 5. The van der Waals surface area contributed by atoms with Gasteiger partial charge in [-0.2, -0.15) is 0 Å². The molecule has 4 amide bonds. The Bertz CT molecular complexity index is 1430. The third-order valence-corrected chi connectivity index (χ3v) is 9.93. The normalized spacial score (nSPS) is 22.7. The molecule has 14 heteroatoms. The van der Waals surface area contributed by atoms with E-state index in [-0.39, 0.29) is 47.4 Å². The number of nitrogens with zero attached hydrogens (tertiary/aromatic N) is 2. The summed E-state index contributed by atoms with van der Waals surface area (Å²) in [6, 6.07) is 1.04. The SMILES string of the molecule is CCC(=O)N[C@@H](C(=O)N1CCN(C)CC1)[C@@H](C)c1ccc(NC(=O)[C@@H](NC(=O)/C(=C/C=N)NC2CC2(F)F)C(C2CC2)C2CC2)c(F)c1. The van der Waals surface area contributed by atoms with E-state index in [1.54, 1.807) is 24.8 Å². The first-order valence-corrected chi connectivity index (χ1v) is 16.9. The molecule has 5 N–H and O–H groups in total. The molecule has 4 atom stereocenters. The molecule has 3 saturated carbocycles. The first-order chi connectivity index (χ1) is 22.8. The molecule has 0 aromatic heterocycles. The van der Waals surface area contributed by atoms with E-state index in [4.69, 9.17) is 5.41 Å². The van der Waals surface area contributed by atoms with Crippen LogP contribution in [0.1, 0.15) is 63.9 Å². The summed E-state index contributed by atoms with van der Waals surface area (Å²) in [7, 11) is 1.97. The topological polar surface area (TPSA) is 147 Å². The van der Waals surface area contributed by atoms with Crippen LogP contribution >= 0.6 is 0 Å². The van der Waals surface area contributed by atoms with Crippen LogP contribution < -0.4 is 21.3 Å². The molecule has 3 aliphatic carbocycles. The van der Waals surface area contributed by atoms with Crippen LogP contribution in [-0.4, -0.2) is 96.9 Å². The Balaban J connectivity index is 1.32. The number of halogens is 3. The van der Waals surface area contributed by atoms with Gasteiger partial charge in [0, 0.05) is 51.2 Å². The zero-order valence-electron chi connectivity index (χ0n) is 27.7. The number of rotatable bonds is 15. The highest BCUT2D eigenvalue weighted by Crippen LogP contribution is 2.51. The number of benzene rings is 1. The Morgan fingerprint density at radius 2 is 1.65 bits per heavy atom. The van der Waals surface area contributed by atoms with Gasteiger partial charge in [0.05, 0.1) is 11.7 Å². The van der Waals surface area contributed by atoms with Crippen LogP contribution in [0, 0.1) is 29.0 Å². The van der Waals surface area contributed by atoms with Gasteiger partial charge in [-0.3, -0.25) is 19.2 Å². The number of alkyl halides is 2. The molecule has 48 heavy (non-hydrogen) atoms. The van der Waals surface area contributed by atoms with Gasteiger partial charge in [-0.05, 0) is 74.3 Å².